The molecule has 0 saturated carbocycles. The number of hydrogen-bond donors (Lipinski definition) is 1. The lowest BCUT2D eigenvalue weighted by molar-refractivity contribution is -0.121. The van der Waals surface area contributed by atoms with Crippen LogP contribution in [0, 0.1) is 13.8 Å². The predicted molar refractivity (Wildman–Crippen MR) is 125 cm³/mol. The van der Waals surface area contributed by atoms with Crippen LogP contribution in [0.1, 0.15) is 49.0 Å². The summed E-state index contributed by atoms with van der Waals surface area (Å²) >= 11 is 0. The van der Waals surface area contributed by atoms with Crippen LogP contribution in [-0.4, -0.2) is 37.3 Å². The molecule has 0 aliphatic rings. The van der Waals surface area contributed by atoms with Gasteiger partial charge in [-0.05, 0) is 57.4 Å². The fourth-order valence-corrected chi connectivity index (χ4v) is 4.48. The van der Waals surface area contributed by atoms with Crippen LogP contribution in [0.5, 0.6) is 5.88 Å². The van der Waals surface area contributed by atoms with Crippen molar-refractivity contribution in [2.75, 3.05) is 7.11 Å². The number of fused-ring (bicyclic) bond motifs is 2. The number of pyridine rings is 1. The minimum atomic E-state index is -0.184. The number of rotatable bonds is 7. The van der Waals surface area contributed by atoms with E-state index in [4.69, 9.17) is 14.7 Å². The molecule has 3 heterocycles. The molecule has 0 radical (unpaired) electrons. The molecule has 0 aliphatic carbocycles. The fourth-order valence-electron chi connectivity index (χ4n) is 4.48. The van der Waals surface area contributed by atoms with Gasteiger partial charge < -0.3 is 14.6 Å². The molecule has 8 nitrogen and oxygen atoms in total. The van der Waals surface area contributed by atoms with E-state index < -0.39 is 0 Å². The first-order valence-electron chi connectivity index (χ1n) is 11.0. The summed E-state index contributed by atoms with van der Waals surface area (Å²) < 4.78 is 9.32. The molecule has 0 aliphatic heterocycles. The molecule has 0 saturated heterocycles. The Morgan fingerprint density at radius 3 is 2.69 bits per heavy atom. The lowest BCUT2D eigenvalue weighted by Crippen LogP contribution is -2.29. The number of nitrogens with one attached hydrogen (secondary N) is 1. The van der Waals surface area contributed by atoms with Crippen molar-refractivity contribution in [3.8, 4) is 5.88 Å². The number of methoxy groups -OCH3 is 1. The summed E-state index contributed by atoms with van der Waals surface area (Å²) in [7, 11) is 3.47. The van der Waals surface area contributed by atoms with Crippen molar-refractivity contribution in [3.05, 3.63) is 46.9 Å². The minimum absolute atomic E-state index is 0.00995. The molecular formula is C24H30N6O2. The zero-order valence-electron chi connectivity index (χ0n) is 19.6. The number of amides is 1. The van der Waals surface area contributed by atoms with E-state index >= 15 is 0 Å². The molecule has 8 heteroatoms. The van der Waals surface area contributed by atoms with Gasteiger partial charge in [0.05, 0.1) is 29.6 Å². The van der Waals surface area contributed by atoms with Crippen LogP contribution in [0.2, 0.25) is 0 Å². The van der Waals surface area contributed by atoms with Crippen LogP contribution in [-0.2, 0) is 24.8 Å². The van der Waals surface area contributed by atoms with Gasteiger partial charge in [0.1, 0.15) is 5.82 Å². The quantitative estimate of drug-likeness (QED) is 0.478. The summed E-state index contributed by atoms with van der Waals surface area (Å²) in [6, 6.07) is 7.87. The van der Waals surface area contributed by atoms with Crippen LogP contribution in [0.3, 0.4) is 0 Å². The van der Waals surface area contributed by atoms with Crippen molar-refractivity contribution in [1.82, 2.24) is 29.6 Å². The van der Waals surface area contributed by atoms with E-state index in [1.807, 2.05) is 46.0 Å². The molecule has 4 rings (SSSR count). The Hall–Kier alpha value is -3.42. The predicted octanol–water partition coefficient (Wildman–Crippen LogP) is 3.77. The Morgan fingerprint density at radius 2 is 1.97 bits per heavy atom. The van der Waals surface area contributed by atoms with Crippen LogP contribution in [0.15, 0.2) is 24.3 Å². The van der Waals surface area contributed by atoms with Crippen molar-refractivity contribution in [2.24, 2.45) is 7.05 Å². The smallest absolute Gasteiger partial charge is 0.242 e. The van der Waals surface area contributed by atoms with Gasteiger partial charge in [-0.15, -0.1) is 5.10 Å². The molecule has 0 bridgehead atoms. The van der Waals surface area contributed by atoms with Gasteiger partial charge in [-0.3, -0.25) is 4.79 Å². The largest absolute Gasteiger partial charge is 0.479 e. The monoisotopic (exact) mass is 434 g/mol. The van der Waals surface area contributed by atoms with Crippen molar-refractivity contribution in [3.63, 3.8) is 0 Å². The topological polar surface area (TPSA) is 86.9 Å². The van der Waals surface area contributed by atoms with Crippen LogP contribution in [0.4, 0.5) is 0 Å². The Labute approximate surface area is 187 Å². The number of ether oxygens (including phenoxy) is 1. The van der Waals surface area contributed by atoms with E-state index in [0.29, 0.717) is 18.7 Å². The number of nitrogens with zero attached hydrogens (tertiary/aromatic N) is 5. The van der Waals surface area contributed by atoms with Gasteiger partial charge in [0.2, 0.25) is 11.8 Å². The Morgan fingerprint density at radius 1 is 1.22 bits per heavy atom. The summed E-state index contributed by atoms with van der Waals surface area (Å²) in [5.74, 6) is 1.42. The third-order valence-electron chi connectivity index (χ3n) is 6.08. The maximum Gasteiger partial charge on any atom is 0.242 e. The number of imidazole rings is 1. The second kappa shape index (κ2) is 8.61. The molecule has 168 valence electrons. The fraction of sp³-hybridized carbons (Fsp3) is 0.417. The summed E-state index contributed by atoms with van der Waals surface area (Å²) in [5, 5.41) is 8.42. The normalized spacial score (nSPS) is 12.4. The van der Waals surface area contributed by atoms with Gasteiger partial charge in [-0.1, -0.05) is 12.1 Å². The third-order valence-corrected chi connectivity index (χ3v) is 6.08. The van der Waals surface area contributed by atoms with E-state index in [0.717, 1.165) is 51.3 Å². The van der Waals surface area contributed by atoms with Gasteiger partial charge in [0.25, 0.3) is 0 Å². The molecule has 32 heavy (non-hydrogen) atoms. The highest BCUT2D eigenvalue weighted by Crippen LogP contribution is 2.30. The second-order valence-corrected chi connectivity index (χ2v) is 8.12. The van der Waals surface area contributed by atoms with Crippen LogP contribution < -0.4 is 10.1 Å². The van der Waals surface area contributed by atoms with E-state index in [1.54, 1.807) is 11.8 Å². The maximum atomic E-state index is 12.8. The van der Waals surface area contributed by atoms with E-state index in [1.165, 1.54) is 0 Å². The molecule has 1 N–H and O–H groups in total. The molecule has 1 unspecified atom stereocenters. The number of benzene rings is 1. The maximum absolute atomic E-state index is 12.8. The first-order valence-corrected chi connectivity index (χ1v) is 11.0. The molecule has 1 aromatic carbocycles. The summed E-state index contributed by atoms with van der Waals surface area (Å²) in [6.07, 6.45) is 0.968. The molecule has 4 aromatic rings. The average Bonchev–Trinajstić information content (AvgIpc) is 3.31. The molecule has 0 spiro atoms. The third kappa shape index (κ3) is 3.70. The zero-order valence-corrected chi connectivity index (χ0v) is 19.6. The standard InChI is InChI=1S/C24H30N6O2/c1-7-30-19-11-9-8-10-18(19)27-22(30)16(4)25-20(31)13-12-17-14(2)21-23(26-15(17)3)29(5)28-24(21)32-6/h8-11,16H,7,12-13H2,1-6H3,(H,25,31). The average molecular weight is 435 g/mol. The lowest BCUT2D eigenvalue weighted by atomic mass is 10.00. The van der Waals surface area contributed by atoms with Crippen LogP contribution in [0.25, 0.3) is 22.1 Å². The van der Waals surface area contributed by atoms with Crippen LogP contribution >= 0.6 is 0 Å². The van der Waals surface area contributed by atoms with Crippen molar-refractivity contribution < 1.29 is 9.53 Å². The summed E-state index contributed by atoms with van der Waals surface area (Å²) in [6.45, 7) is 8.89. The van der Waals surface area contributed by atoms with E-state index in [2.05, 4.69) is 28.0 Å². The van der Waals surface area contributed by atoms with Gasteiger partial charge in [-0.25, -0.2) is 14.6 Å². The van der Waals surface area contributed by atoms with Gasteiger partial charge in [0, 0.05) is 25.7 Å². The molecule has 3 aromatic heterocycles. The number of para-hydroxylation sites is 2. The number of carbonyl (C=O) groups is 1. The molecule has 1 amide bonds. The van der Waals surface area contributed by atoms with Crippen molar-refractivity contribution >= 4 is 28.0 Å². The van der Waals surface area contributed by atoms with Gasteiger partial charge in [0.15, 0.2) is 5.65 Å². The zero-order chi connectivity index (χ0) is 23.0. The molecule has 0 fully saturated rings. The minimum Gasteiger partial charge on any atom is -0.479 e. The van der Waals surface area contributed by atoms with Crippen molar-refractivity contribution in [1.29, 1.82) is 0 Å². The molecular weight excluding hydrogens is 404 g/mol. The van der Waals surface area contributed by atoms with Gasteiger partial charge >= 0.3 is 0 Å². The number of hydrogen-bond acceptors (Lipinski definition) is 5. The second-order valence-electron chi connectivity index (χ2n) is 8.12. The highest BCUT2D eigenvalue weighted by Gasteiger charge is 2.20. The SMILES string of the molecule is CCn1c(C(C)NC(=O)CCc2c(C)nc3c(c(OC)nn3C)c2C)nc2ccccc21. The Kier molecular flexibility index (Phi) is 5.86. The van der Waals surface area contributed by atoms with E-state index in [9.17, 15) is 4.79 Å². The summed E-state index contributed by atoms with van der Waals surface area (Å²) in [4.78, 5) is 22.3. The van der Waals surface area contributed by atoms with Crippen molar-refractivity contribution in [2.45, 2.75) is 53.1 Å². The first-order chi connectivity index (χ1) is 15.3. The Balaban J connectivity index is 1.52. The number of carbonyl (C=O) groups excluding carboxylic acids is 1. The van der Waals surface area contributed by atoms with E-state index in [-0.39, 0.29) is 11.9 Å². The number of aryl methyl sites for hydroxylation is 4. The van der Waals surface area contributed by atoms with Gasteiger partial charge in [-0.2, -0.15) is 0 Å². The molecule has 1 atom stereocenters. The first kappa shape index (κ1) is 21.8. The summed E-state index contributed by atoms with van der Waals surface area (Å²) in [5.41, 5.74) is 5.86. The highest BCUT2D eigenvalue weighted by atomic mass is 16.5. The lowest BCUT2D eigenvalue weighted by Gasteiger charge is -2.16. The number of aromatic nitrogens is 5. The highest BCUT2D eigenvalue weighted by molar-refractivity contribution is 5.86. The Bertz CT molecular complexity index is 1300.